The summed E-state index contributed by atoms with van der Waals surface area (Å²) in [5, 5.41) is 3.94. The number of anilines is 2. The van der Waals surface area contributed by atoms with Gasteiger partial charge in [-0.25, -0.2) is 9.37 Å². The first-order chi connectivity index (χ1) is 14.2. The van der Waals surface area contributed by atoms with Gasteiger partial charge in [0.1, 0.15) is 5.69 Å². The van der Waals surface area contributed by atoms with Crippen molar-refractivity contribution in [2.75, 3.05) is 12.1 Å². The summed E-state index contributed by atoms with van der Waals surface area (Å²) in [6.45, 7) is 2.15. The maximum Gasteiger partial charge on any atom is 0.231 e. The second-order valence-corrected chi connectivity index (χ2v) is 6.86. The fourth-order valence-corrected chi connectivity index (χ4v) is 3.53. The van der Waals surface area contributed by atoms with Crippen molar-refractivity contribution in [1.29, 1.82) is 0 Å². The minimum Gasteiger partial charge on any atom is -0.454 e. The zero-order valence-corrected chi connectivity index (χ0v) is 15.8. The minimum atomic E-state index is -0.412. The van der Waals surface area contributed by atoms with E-state index in [1.165, 1.54) is 0 Å². The van der Waals surface area contributed by atoms with Gasteiger partial charge in [-0.1, -0.05) is 24.3 Å². The molecule has 1 fully saturated rings. The summed E-state index contributed by atoms with van der Waals surface area (Å²) >= 11 is 0. The lowest BCUT2D eigenvalue weighted by Crippen LogP contribution is -2.03. The van der Waals surface area contributed by atoms with Crippen LogP contribution >= 0.6 is 0 Å². The largest absolute Gasteiger partial charge is 0.454 e. The molecule has 1 N–H and O–H groups in total. The average Bonchev–Trinajstić information content (AvgIpc) is 3.08. The van der Waals surface area contributed by atoms with E-state index in [1.807, 2.05) is 37.3 Å². The Morgan fingerprint density at radius 1 is 1.03 bits per heavy atom. The number of rotatable bonds is 3. The zero-order valence-electron chi connectivity index (χ0n) is 15.8. The molecule has 1 aliphatic heterocycles. The van der Waals surface area contributed by atoms with Crippen LogP contribution in [0.5, 0.6) is 0 Å². The van der Waals surface area contributed by atoms with E-state index in [9.17, 15) is 0 Å². The first-order valence-electron chi connectivity index (χ1n) is 9.35. The summed E-state index contributed by atoms with van der Waals surface area (Å²) < 4.78 is 26.8. The van der Waals surface area contributed by atoms with Gasteiger partial charge < -0.3 is 14.8 Å². The Morgan fingerprint density at radius 3 is 2.72 bits per heavy atom. The van der Waals surface area contributed by atoms with E-state index in [4.69, 9.17) is 14.5 Å². The smallest absolute Gasteiger partial charge is 0.231 e. The summed E-state index contributed by atoms with van der Waals surface area (Å²) in [4.78, 5) is 8.72. The standard InChI is InChI=1S/C23H18FN3O2/c1-14-4-2-6-17-21(14)27-22(15-5-3-7-18-19(12-15)29-13-28-18)20(24)23(17)26-16-8-10-25-11-9-16/h2,4-12H,3,13H2,1H3,(H,25,26,27). The molecule has 1 saturated heterocycles. The number of ether oxygens (including phenoxy) is 2. The highest BCUT2D eigenvalue weighted by Crippen LogP contribution is 2.36. The number of hydrogen-bond acceptors (Lipinski definition) is 5. The third-order valence-corrected chi connectivity index (χ3v) is 4.98. The highest BCUT2D eigenvalue weighted by molar-refractivity contribution is 5.97. The number of fused-ring (bicyclic) bond motifs is 2. The predicted octanol–water partition coefficient (Wildman–Crippen LogP) is 5.38. The highest BCUT2D eigenvalue weighted by atomic mass is 19.1. The van der Waals surface area contributed by atoms with E-state index in [0.717, 1.165) is 22.2 Å². The number of hydrogen-bond donors (Lipinski definition) is 1. The van der Waals surface area contributed by atoms with Gasteiger partial charge in [0.05, 0.1) is 11.2 Å². The molecule has 0 saturated carbocycles. The van der Waals surface area contributed by atoms with E-state index in [-0.39, 0.29) is 12.5 Å². The molecule has 1 aliphatic carbocycles. The van der Waals surface area contributed by atoms with Gasteiger partial charge in [0.2, 0.25) is 6.79 Å². The van der Waals surface area contributed by atoms with Crippen LogP contribution < -0.4 is 5.32 Å². The van der Waals surface area contributed by atoms with Crippen LogP contribution in [0, 0.1) is 12.7 Å². The Balaban J connectivity index is 1.70. The second-order valence-electron chi connectivity index (χ2n) is 6.86. The van der Waals surface area contributed by atoms with Crippen LogP contribution in [0.25, 0.3) is 16.5 Å². The normalized spacial score (nSPS) is 15.4. The average molecular weight is 387 g/mol. The molecular formula is C23H18FN3O2. The van der Waals surface area contributed by atoms with E-state index in [0.29, 0.717) is 29.2 Å². The van der Waals surface area contributed by atoms with Crippen molar-refractivity contribution >= 4 is 27.9 Å². The highest BCUT2D eigenvalue weighted by Gasteiger charge is 2.23. The number of benzene rings is 1. The van der Waals surface area contributed by atoms with Crippen LogP contribution in [0.1, 0.15) is 17.7 Å². The fraction of sp³-hybridized carbons (Fsp3) is 0.130. The van der Waals surface area contributed by atoms with Gasteiger partial charge in [-0.05, 0) is 43.2 Å². The lowest BCUT2D eigenvalue weighted by Gasteiger charge is -2.15. The van der Waals surface area contributed by atoms with Crippen LogP contribution in [-0.4, -0.2) is 16.8 Å². The number of para-hydroxylation sites is 1. The molecule has 0 atom stereocenters. The Bertz CT molecular complexity index is 1200. The number of halogens is 1. The molecule has 0 spiro atoms. The maximum absolute atomic E-state index is 15.8. The minimum absolute atomic E-state index is 0.173. The van der Waals surface area contributed by atoms with Gasteiger partial charge in [-0.2, -0.15) is 0 Å². The molecule has 144 valence electrons. The topological polar surface area (TPSA) is 56.3 Å². The molecule has 5 rings (SSSR count). The molecule has 29 heavy (non-hydrogen) atoms. The molecular weight excluding hydrogens is 369 g/mol. The Labute approximate surface area is 167 Å². The molecule has 2 aromatic heterocycles. The van der Waals surface area contributed by atoms with Crippen molar-refractivity contribution < 1.29 is 13.9 Å². The van der Waals surface area contributed by atoms with Gasteiger partial charge in [0.25, 0.3) is 0 Å². The summed E-state index contributed by atoms with van der Waals surface area (Å²) in [5.74, 6) is 0.873. The number of aromatic nitrogens is 2. The molecule has 0 radical (unpaired) electrons. The molecule has 0 bridgehead atoms. The van der Waals surface area contributed by atoms with E-state index in [2.05, 4.69) is 10.3 Å². The third-order valence-electron chi connectivity index (χ3n) is 4.98. The molecule has 0 unspecified atom stereocenters. The fourth-order valence-electron chi connectivity index (χ4n) is 3.53. The number of allylic oxidation sites excluding steroid dienone is 4. The summed E-state index contributed by atoms with van der Waals surface area (Å²) in [5.41, 5.74) is 3.81. The van der Waals surface area contributed by atoms with Gasteiger partial charge >= 0.3 is 0 Å². The van der Waals surface area contributed by atoms with Crippen molar-refractivity contribution in [2.45, 2.75) is 13.3 Å². The van der Waals surface area contributed by atoms with Crippen LogP contribution in [-0.2, 0) is 9.47 Å². The maximum atomic E-state index is 15.8. The van der Waals surface area contributed by atoms with Crippen LogP contribution in [0.2, 0.25) is 0 Å². The van der Waals surface area contributed by atoms with Crippen LogP contribution in [0.4, 0.5) is 15.8 Å². The zero-order chi connectivity index (χ0) is 19.8. The van der Waals surface area contributed by atoms with Crippen LogP contribution in [0.15, 0.2) is 72.5 Å². The molecule has 3 heterocycles. The first-order valence-corrected chi connectivity index (χ1v) is 9.35. The Kier molecular flexibility index (Phi) is 4.24. The molecule has 0 amide bonds. The van der Waals surface area contributed by atoms with E-state index < -0.39 is 5.82 Å². The van der Waals surface area contributed by atoms with Crippen molar-refractivity contribution in [3.8, 4) is 0 Å². The SMILES string of the molecule is Cc1cccc2c(Nc3ccncc3)c(F)c(C3=CCC=C4OCOC4=C3)nc12. The second kappa shape index (κ2) is 7.05. The van der Waals surface area contributed by atoms with Gasteiger partial charge in [-0.3, -0.25) is 4.98 Å². The lowest BCUT2D eigenvalue weighted by atomic mass is 10.0. The number of nitrogens with one attached hydrogen (secondary N) is 1. The Hall–Kier alpha value is -3.67. The summed E-state index contributed by atoms with van der Waals surface area (Å²) in [6, 6.07) is 9.35. The monoisotopic (exact) mass is 387 g/mol. The molecule has 1 aromatic carbocycles. The predicted molar refractivity (Wildman–Crippen MR) is 110 cm³/mol. The number of pyridine rings is 2. The van der Waals surface area contributed by atoms with Gasteiger partial charge in [0.15, 0.2) is 17.3 Å². The molecule has 2 aliphatic rings. The molecule has 3 aromatic rings. The third kappa shape index (κ3) is 3.12. The molecule has 6 heteroatoms. The van der Waals surface area contributed by atoms with Crippen LogP contribution in [0.3, 0.4) is 0 Å². The Morgan fingerprint density at radius 2 is 1.86 bits per heavy atom. The van der Waals surface area contributed by atoms with E-state index >= 15 is 4.39 Å². The van der Waals surface area contributed by atoms with Crippen molar-refractivity contribution in [3.05, 3.63) is 89.5 Å². The summed E-state index contributed by atoms with van der Waals surface area (Å²) in [7, 11) is 0. The lowest BCUT2D eigenvalue weighted by molar-refractivity contribution is 0.0975. The summed E-state index contributed by atoms with van der Waals surface area (Å²) in [6.07, 6.45) is 9.58. The van der Waals surface area contributed by atoms with Gasteiger partial charge in [0, 0.05) is 29.0 Å². The first kappa shape index (κ1) is 17.4. The van der Waals surface area contributed by atoms with Crippen molar-refractivity contribution in [1.82, 2.24) is 9.97 Å². The quantitative estimate of drug-likeness (QED) is 0.654. The van der Waals surface area contributed by atoms with Gasteiger partial charge in [-0.15, -0.1) is 0 Å². The number of aryl methyl sites for hydroxylation is 1. The van der Waals surface area contributed by atoms with Crippen molar-refractivity contribution in [3.63, 3.8) is 0 Å². The van der Waals surface area contributed by atoms with Crippen molar-refractivity contribution in [2.24, 2.45) is 0 Å². The number of nitrogens with zero attached hydrogens (tertiary/aromatic N) is 2. The molecule has 5 nitrogen and oxygen atoms in total. The van der Waals surface area contributed by atoms with E-state index in [1.54, 1.807) is 30.6 Å².